The topological polar surface area (TPSA) is 141 Å². The number of urea groups is 1. The summed E-state index contributed by atoms with van der Waals surface area (Å²) in [5.41, 5.74) is 0.575. The zero-order valence-electron chi connectivity index (χ0n) is 11.1. The Morgan fingerprint density at radius 3 is 2.81 bits per heavy atom. The van der Waals surface area contributed by atoms with E-state index in [9.17, 15) is 18.0 Å². The van der Waals surface area contributed by atoms with Crippen molar-refractivity contribution in [3.63, 3.8) is 0 Å². The fourth-order valence-electron chi connectivity index (χ4n) is 2.11. The Morgan fingerprint density at radius 2 is 2.29 bits per heavy atom. The van der Waals surface area contributed by atoms with Crippen molar-refractivity contribution in [1.82, 2.24) is 20.6 Å². The summed E-state index contributed by atoms with van der Waals surface area (Å²) in [5.74, 6) is -1.26. The zero-order chi connectivity index (χ0) is 15.5. The summed E-state index contributed by atoms with van der Waals surface area (Å²) in [6.07, 6.45) is 3.29. The van der Waals surface area contributed by atoms with Gasteiger partial charge in [-0.05, 0) is 6.42 Å². The third-order valence-electron chi connectivity index (χ3n) is 3.15. The Bertz CT molecular complexity index is 613. The largest absolute Gasteiger partial charge is 0.480 e. The molecule has 0 saturated carbocycles. The molecule has 1 aliphatic rings. The Balaban J connectivity index is 1.88. The van der Waals surface area contributed by atoms with E-state index < -0.39 is 33.9 Å². The van der Waals surface area contributed by atoms with E-state index in [4.69, 9.17) is 5.11 Å². The number of aromatic nitrogens is 2. The number of imidazole rings is 1. The molecule has 1 unspecified atom stereocenters. The predicted molar refractivity (Wildman–Crippen MR) is 72.4 cm³/mol. The third kappa shape index (κ3) is 4.45. The SMILES string of the molecule is O=C(NC1CCS(=O)(=O)C1)N[C@@H](Cc1cnc[nH]1)C(=O)O. The average molecular weight is 316 g/mol. The Kier molecular flexibility index (Phi) is 4.46. The van der Waals surface area contributed by atoms with Gasteiger partial charge in [0.15, 0.2) is 9.84 Å². The van der Waals surface area contributed by atoms with Crippen LogP contribution in [-0.2, 0) is 21.1 Å². The molecule has 2 heterocycles. The van der Waals surface area contributed by atoms with Gasteiger partial charge < -0.3 is 20.7 Å². The highest BCUT2D eigenvalue weighted by atomic mass is 32.2. The van der Waals surface area contributed by atoms with Crippen LogP contribution in [0.25, 0.3) is 0 Å². The number of rotatable bonds is 5. The van der Waals surface area contributed by atoms with Crippen molar-refractivity contribution in [2.75, 3.05) is 11.5 Å². The zero-order valence-corrected chi connectivity index (χ0v) is 11.9. The number of nitrogens with one attached hydrogen (secondary N) is 3. The van der Waals surface area contributed by atoms with Crippen molar-refractivity contribution in [3.8, 4) is 0 Å². The molecule has 1 aromatic heterocycles. The van der Waals surface area contributed by atoms with Gasteiger partial charge in [-0.15, -0.1) is 0 Å². The lowest BCUT2D eigenvalue weighted by Crippen LogP contribution is -2.50. The maximum atomic E-state index is 11.7. The van der Waals surface area contributed by atoms with Crippen LogP contribution in [-0.4, -0.2) is 59.1 Å². The molecule has 10 heteroatoms. The van der Waals surface area contributed by atoms with Crippen molar-refractivity contribution in [2.24, 2.45) is 0 Å². The van der Waals surface area contributed by atoms with Gasteiger partial charge in [0.25, 0.3) is 0 Å². The first-order chi connectivity index (χ1) is 9.85. The van der Waals surface area contributed by atoms with Crippen molar-refractivity contribution in [3.05, 3.63) is 18.2 Å². The Morgan fingerprint density at radius 1 is 1.52 bits per heavy atom. The normalized spacial score (nSPS) is 21.6. The number of aromatic amines is 1. The van der Waals surface area contributed by atoms with Crippen molar-refractivity contribution in [2.45, 2.75) is 24.9 Å². The molecule has 0 aromatic carbocycles. The first-order valence-corrected chi connectivity index (χ1v) is 8.15. The van der Waals surface area contributed by atoms with E-state index in [1.807, 2.05) is 0 Å². The summed E-state index contributed by atoms with van der Waals surface area (Å²) in [5, 5.41) is 13.9. The molecule has 4 N–H and O–H groups in total. The molecule has 0 radical (unpaired) electrons. The number of amides is 2. The highest BCUT2D eigenvalue weighted by molar-refractivity contribution is 7.91. The third-order valence-corrected chi connectivity index (χ3v) is 4.92. The van der Waals surface area contributed by atoms with E-state index in [-0.39, 0.29) is 17.9 Å². The number of H-pyrrole nitrogens is 1. The molecule has 116 valence electrons. The molecule has 1 fully saturated rings. The number of sulfone groups is 1. The van der Waals surface area contributed by atoms with Crippen molar-refractivity contribution < 1.29 is 23.1 Å². The second kappa shape index (κ2) is 6.12. The molecule has 2 atom stereocenters. The van der Waals surface area contributed by atoms with Crippen molar-refractivity contribution in [1.29, 1.82) is 0 Å². The number of aliphatic carboxylic acids is 1. The van der Waals surface area contributed by atoms with Gasteiger partial charge in [-0.1, -0.05) is 0 Å². The van der Waals surface area contributed by atoms with Crippen LogP contribution in [0.2, 0.25) is 0 Å². The lowest BCUT2D eigenvalue weighted by Gasteiger charge is -2.16. The molecular formula is C11H16N4O5S. The first kappa shape index (κ1) is 15.3. The van der Waals surface area contributed by atoms with Gasteiger partial charge in [0, 0.05) is 24.4 Å². The first-order valence-electron chi connectivity index (χ1n) is 6.33. The van der Waals surface area contributed by atoms with Gasteiger partial charge in [0.05, 0.1) is 17.8 Å². The highest BCUT2D eigenvalue weighted by Gasteiger charge is 2.30. The van der Waals surface area contributed by atoms with Gasteiger partial charge in [-0.25, -0.2) is 23.0 Å². The molecule has 2 amide bonds. The molecule has 1 saturated heterocycles. The van der Waals surface area contributed by atoms with Gasteiger partial charge in [-0.3, -0.25) is 0 Å². The Hall–Kier alpha value is -2.10. The summed E-state index contributed by atoms with van der Waals surface area (Å²) in [6, 6.07) is -2.29. The van der Waals surface area contributed by atoms with E-state index in [1.165, 1.54) is 12.5 Å². The lowest BCUT2D eigenvalue weighted by molar-refractivity contribution is -0.139. The number of carboxylic acid groups (broad SMARTS) is 1. The molecular weight excluding hydrogens is 300 g/mol. The van der Waals surface area contributed by atoms with E-state index >= 15 is 0 Å². The second-order valence-corrected chi connectivity index (χ2v) is 7.12. The summed E-state index contributed by atoms with van der Waals surface area (Å²) in [4.78, 5) is 29.4. The fourth-order valence-corrected chi connectivity index (χ4v) is 3.78. The number of nitrogens with zero attached hydrogens (tertiary/aromatic N) is 1. The lowest BCUT2D eigenvalue weighted by atomic mass is 10.1. The monoisotopic (exact) mass is 316 g/mol. The predicted octanol–water partition coefficient (Wildman–Crippen LogP) is -1.11. The summed E-state index contributed by atoms with van der Waals surface area (Å²) in [7, 11) is -3.10. The van der Waals surface area contributed by atoms with Gasteiger partial charge in [-0.2, -0.15) is 0 Å². The molecule has 21 heavy (non-hydrogen) atoms. The van der Waals surface area contributed by atoms with Crippen LogP contribution in [0.4, 0.5) is 4.79 Å². The molecule has 9 nitrogen and oxygen atoms in total. The molecule has 0 aliphatic carbocycles. The summed E-state index contributed by atoms with van der Waals surface area (Å²) < 4.78 is 22.6. The van der Waals surface area contributed by atoms with Crippen LogP contribution in [0.1, 0.15) is 12.1 Å². The average Bonchev–Trinajstić information content (AvgIpc) is 2.98. The van der Waals surface area contributed by atoms with Crippen LogP contribution in [0.5, 0.6) is 0 Å². The quantitative estimate of drug-likeness (QED) is 0.543. The van der Waals surface area contributed by atoms with E-state index in [0.717, 1.165) is 0 Å². The van der Waals surface area contributed by atoms with Crippen LogP contribution in [0.15, 0.2) is 12.5 Å². The van der Waals surface area contributed by atoms with Crippen LogP contribution >= 0.6 is 0 Å². The minimum absolute atomic E-state index is 0.0362. The van der Waals surface area contributed by atoms with Crippen molar-refractivity contribution >= 4 is 21.8 Å². The number of hydrogen-bond donors (Lipinski definition) is 4. The number of carbonyl (C=O) groups is 2. The molecule has 0 spiro atoms. The van der Waals surface area contributed by atoms with Gasteiger partial charge in [0.2, 0.25) is 0 Å². The standard InChI is InChI=1S/C11H16N4O5S/c16-10(17)9(3-8-4-12-6-13-8)15-11(18)14-7-1-2-21(19,20)5-7/h4,6-7,9H,1-3,5H2,(H,12,13)(H,16,17)(H2,14,15,18)/t7?,9-/m0/s1. The van der Waals surface area contributed by atoms with Crippen LogP contribution in [0, 0.1) is 0 Å². The van der Waals surface area contributed by atoms with Gasteiger partial charge >= 0.3 is 12.0 Å². The summed E-state index contributed by atoms with van der Waals surface area (Å²) >= 11 is 0. The summed E-state index contributed by atoms with van der Waals surface area (Å²) in [6.45, 7) is 0. The Labute approximate surface area is 121 Å². The van der Waals surface area contributed by atoms with E-state index in [1.54, 1.807) is 0 Å². The number of carboxylic acids is 1. The van der Waals surface area contributed by atoms with E-state index in [2.05, 4.69) is 20.6 Å². The minimum atomic E-state index is -3.10. The second-order valence-electron chi connectivity index (χ2n) is 4.89. The molecule has 1 aromatic rings. The number of hydrogen-bond acceptors (Lipinski definition) is 5. The molecule has 0 bridgehead atoms. The molecule has 1 aliphatic heterocycles. The fraction of sp³-hybridized carbons (Fsp3) is 0.545. The maximum Gasteiger partial charge on any atom is 0.326 e. The van der Waals surface area contributed by atoms with Crippen LogP contribution in [0.3, 0.4) is 0 Å². The smallest absolute Gasteiger partial charge is 0.326 e. The number of carbonyl (C=O) groups excluding carboxylic acids is 1. The maximum absolute atomic E-state index is 11.7. The van der Waals surface area contributed by atoms with Gasteiger partial charge in [0.1, 0.15) is 6.04 Å². The molecule has 2 rings (SSSR count). The van der Waals surface area contributed by atoms with Crippen LogP contribution < -0.4 is 10.6 Å². The van der Waals surface area contributed by atoms with E-state index in [0.29, 0.717) is 12.1 Å². The highest BCUT2D eigenvalue weighted by Crippen LogP contribution is 2.11. The minimum Gasteiger partial charge on any atom is -0.480 e.